The monoisotopic (exact) mass is 281 g/mol. The SMILES string of the molecule is Cc1cc(-c2nn(-c3ccccn3)cc2C=O)ccc1F. The van der Waals surface area contributed by atoms with E-state index in [4.69, 9.17) is 0 Å². The van der Waals surface area contributed by atoms with Crippen molar-refractivity contribution in [2.45, 2.75) is 6.92 Å². The summed E-state index contributed by atoms with van der Waals surface area (Å²) in [7, 11) is 0. The predicted molar refractivity (Wildman–Crippen MR) is 76.9 cm³/mol. The first kappa shape index (κ1) is 13.2. The number of rotatable bonds is 3. The van der Waals surface area contributed by atoms with Gasteiger partial charge in [-0.2, -0.15) is 5.10 Å². The van der Waals surface area contributed by atoms with Crippen molar-refractivity contribution < 1.29 is 9.18 Å². The van der Waals surface area contributed by atoms with Gasteiger partial charge in [-0.05, 0) is 42.8 Å². The third-order valence-electron chi connectivity index (χ3n) is 3.18. The van der Waals surface area contributed by atoms with Crippen LogP contribution in [0.5, 0.6) is 0 Å². The highest BCUT2D eigenvalue weighted by Gasteiger charge is 2.13. The van der Waals surface area contributed by atoms with Crippen LogP contribution in [0.25, 0.3) is 17.1 Å². The minimum Gasteiger partial charge on any atom is -0.298 e. The molecular formula is C16H12FN3O. The summed E-state index contributed by atoms with van der Waals surface area (Å²) in [5.74, 6) is 0.334. The molecule has 0 aliphatic carbocycles. The van der Waals surface area contributed by atoms with Crippen molar-refractivity contribution in [3.05, 3.63) is 65.7 Å². The molecule has 4 nitrogen and oxygen atoms in total. The van der Waals surface area contributed by atoms with Crippen LogP contribution in [0, 0.1) is 12.7 Å². The van der Waals surface area contributed by atoms with Gasteiger partial charge in [0.05, 0.1) is 5.56 Å². The van der Waals surface area contributed by atoms with Crippen LogP contribution in [0.2, 0.25) is 0 Å². The Kier molecular flexibility index (Phi) is 3.31. The molecule has 2 aromatic heterocycles. The van der Waals surface area contributed by atoms with E-state index in [1.807, 2.05) is 6.07 Å². The van der Waals surface area contributed by atoms with Gasteiger partial charge in [-0.1, -0.05) is 6.07 Å². The second-order valence-corrected chi connectivity index (χ2v) is 4.65. The number of aryl methyl sites for hydroxylation is 1. The van der Waals surface area contributed by atoms with E-state index in [-0.39, 0.29) is 5.82 Å². The Bertz CT molecular complexity index is 797. The summed E-state index contributed by atoms with van der Waals surface area (Å²) in [6.45, 7) is 1.68. The normalized spacial score (nSPS) is 10.6. The van der Waals surface area contributed by atoms with Crippen LogP contribution in [0.15, 0.2) is 48.8 Å². The average Bonchev–Trinajstić information content (AvgIpc) is 2.95. The van der Waals surface area contributed by atoms with Gasteiger partial charge in [0, 0.05) is 18.0 Å². The third-order valence-corrected chi connectivity index (χ3v) is 3.18. The molecule has 0 atom stereocenters. The maximum Gasteiger partial charge on any atom is 0.153 e. The molecule has 5 heteroatoms. The maximum atomic E-state index is 13.4. The second-order valence-electron chi connectivity index (χ2n) is 4.65. The Morgan fingerprint density at radius 1 is 1.24 bits per heavy atom. The molecule has 0 spiro atoms. The fourth-order valence-electron chi connectivity index (χ4n) is 2.10. The zero-order chi connectivity index (χ0) is 14.8. The number of pyridine rings is 1. The first-order valence-electron chi connectivity index (χ1n) is 6.42. The molecule has 0 N–H and O–H groups in total. The highest BCUT2D eigenvalue weighted by Crippen LogP contribution is 2.24. The summed E-state index contributed by atoms with van der Waals surface area (Å²) >= 11 is 0. The fraction of sp³-hybridized carbons (Fsp3) is 0.0625. The van der Waals surface area contributed by atoms with E-state index in [2.05, 4.69) is 10.1 Å². The lowest BCUT2D eigenvalue weighted by molar-refractivity contribution is 0.112. The number of benzene rings is 1. The lowest BCUT2D eigenvalue weighted by Gasteiger charge is -2.02. The lowest BCUT2D eigenvalue weighted by atomic mass is 10.1. The highest BCUT2D eigenvalue weighted by molar-refractivity contribution is 5.85. The summed E-state index contributed by atoms with van der Waals surface area (Å²) in [5, 5.41) is 4.39. The Labute approximate surface area is 120 Å². The van der Waals surface area contributed by atoms with E-state index in [9.17, 15) is 9.18 Å². The molecule has 0 aliphatic heterocycles. The van der Waals surface area contributed by atoms with Gasteiger partial charge in [-0.25, -0.2) is 14.1 Å². The number of halogens is 1. The van der Waals surface area contributed by atoms with Gasteiger partial charge >= 0.3 is 0 Å². The largest absolute Gasteiger partial charge is 0.298 e. The Balaban J connectivity index is 2.12. The maximum absolute atomic E-state index is 13.4. The number of carbonyl (C=O) groups excluding carboxylic acids is 1. The molecule has 3 rings (SSSR count). The molecule has 0 aliphatic rings. The molecule has 0 fully saturated rings. The van der Waals surface area contributed by atoms with E-state index >= 15 is 0 Å². The first-order valence-corrected chi connectivity index (χ1v) is 6.42. The molecule has 0 bridgehead atoms. The molecular weight excluding hydrogens is 269 g/mol. The van der Waals surface area contributed by atoms with Gasteiger partial charge in [-0.15, -0.1) is 0 Å². The van der Waals surface area contributed by atoms with Gasteiger partial charge < -0.3 is 0 Å². The van der Waals surface area contributed by atoms with Crippen molar-refractivity contribution in [3.8, 4) is 17.1 Å². The predicted octanol–water partition coefficient (Wildman–Crippen LogP) is 3.19. The summed E-state index contributed by atoms with van der Waals surface area (Å²) in [5.41, 5.74) is 2.16. The highest BCUT2D eigenvalue weighted by atomic mass is 19.1. The molecule has 0 saturated carbocycles. The minimum absolute atomic E-state index is 0.282. The summed E-state index contributed by atoms with van der Waals surface area (Å²) in [6, 6.07) is 10.1. The number of aldehydes is 1. The zero-order valence-electron chi connectivity index (χ0n) is 11.3. The molecule has 21 heavy (non-hydrogen) atoms. The van der Waals surface area contributed by atoms with Crippen LogP contribution in [-0.2, 0) is 0 Å². The van der Waals surface area contributed by atoms with Crippen LogP contribution < -0.4 is 0 Å². The van der Waals surface area contributed by atoms with E-state index in [1.54, 1.807) is 43.6 Å². The number of nitrogens with zero attached hydrogens (tertiary/aromatic N) is 3. The molecule has 1 aromatic carbocycles. The number of hydrogen-bond donors (Lipinski definition) is 0. The van der Waals surface area contributed by atoms with Crippen molar-refractivity contribution in [1.29, 1.82) is 0 Å². The zero-order valence-corrected chi connectivity index (χ0v) is 11.3. The van der Waals surface area contributed by atoms with Crippen molar-refractivity contribution >= 4 is 6.29 Å². The van der Waals surface area contributed by atoms with E-state index in [1.165, 1.54) is 10.7 Å². The minimum atomic E-state index is -0.282. The molecule has 104 valence electrons. The first-order chi connectivity index (χ1) is 10.2. The summed E-state index contributed by atoms with van der Waals surface area (Å²) in [6.07, 6.45) is 4.00. The molecule has 0 radical (unpaired) electrons. The fourth-order valence-corrected chi connectivity index (χ4v) is 2.10. The van der Waals surface area contributed by atoms with Crippen LogP contribution in [0.3, 0.4) is 0 Å². The lowest BCUT2D eigenvalue weighted by Crippen LogP contribution is -1.97. The molecule has 0 unspecified atom stereocenters. The second kappa shape index (κ2) is 5.28. The van der Waals surface area contributed by atoms with Gasteiger partial charge in [0.1, 0.15) is 11.5 Å². The van der Waals surface area contributed by atoms with Crippen molar-refractivity contribution in [2.24, 2.45) is 0 Å². The van der Waals surface area contributed by atoms with E-state index < -0.39 is 0 Å². The van der Waals surface area contributed by atoms with E-state index in [0.29, 0.717) is 28.2 Å². The third kappa shape index (κ3) is 2.45. The van der Waals surface area contributed by atoms with Gasteiger partial charge in [0.15, 0.2) is 12.1 Å². The number of carbonyl (C=O) groups is 1. The van der Waals surface area contributed by atoms with Gasteiger partial charge in [0.2, 0.25) is 0 Å². The van der Waals surface area contributed by atoms with E-state index in [0.717, 1.165) is 6.29 Å². The van der Waals surface area contributed by atoms with Crippen molar-refractivity contribution in [2.75, 3.05) is 0 Å². The summed E-state index contributed by atoms with van der Waals surface area (Å²) < 4.78 is 14.9. The molecule has 0 amide bonds. The Hall–Kier alpha value is -2.82. The topological polar surface area (TPSA) is 47.8 Å². The number of hydrogen-bond acceptors (Lipinski definition) is 3. The van der Waals surface area contributed by atoms with Gasteiger partial charge in [-0.3, -0.25) is 4.79 Å². The van der Waals surface area contributed by atoms with Crippen LogP contribution in [0.4, 0.5) is 4.39 Å². The molecule has 2 heterocycles. The van der Waals surface area contributed by atoms with Crippen LogP contribution in [0.1, 0.15) is 15.9 Å². The Morgan fingerprint density at radius 3 is 2.76 bits per heavy atom. The summed E-state index contributed by atoms with van der Waals surface area (Å²) in [4.78, 5) is 15.4. The molecule has 0 saturated heterocycles. The quantitative estimate of drug-likeness (QED) is 0.693. The van der Waals surface area contributed by atoms with Crippen molar-refractivity contribution in [3.63, 3.8) is 0 Å². The average molecular weight is 281 g/mol. The molecule has 3 aromatic rings. The standard InChI is InChI=1S/C16H12FN3O/c1-11-8-12(5-6-14(11)17)16-13(10-21)9-20(19-16)15-4-2-3-7-18-15/h2-10H,1H3. The van der Waals surface area contributed by atoms with Crippen LogP contribution in [-0.4, -0.2) is 21.1 Å². The van der Waals surface area contributed by atoms with Gasteiger partial charge in [0.25, 0.3) is 0 Å². The Morgan fingerprint density at radius 2 is 2.10 bits per heavy atom. The smallest absolute Gasteiger partial charge is 0.153 e. The van der Waals surface area contributed by atoms with Crippen LogP contribution >= 0.6 is 0 Å². The number of aromatic nitrogens is 3. The van der Waals surface area contributed by atoms with Crippen molar-refractivity contribution in [1.82, 2.24) is 14.8 Å².